The van der Waals surface area contributed by atoms with Crippen molar-refractivity contribution in [1.29, 1.82) is 0 Å². The van der Waals surface area contributed by atoms with Crippen molar-refractivity contribution in [2.24, 2.45) is 17.8 Å². The van der Waals surface area contributed by atoms with E-state index in [1.165, 1.54) is 0 Å². The molecule has 1 saturated carbocycles. The number of anilines is 1. The standard InChI is InChI=1S/C24H29N5O3/c1-15(2)26-20(30)11-29-18-5-3-8-25-22(18)28-9-4-6-19(28)24(29)7-10-27(14-24)23(31)21-16-12-32-13-17(16)21/h3-6,8-9,15-17,21H,7,10-14H2,1-2H3,(H,26,30)/t16-,17+,21?,24?. The van der Waals surface area contributed by atoms with Crippen LogP contribution in [-0.4, -0.2) is 65.2 Å². The number of ether oxygens (including phenoxy) is 1. The lowest BCUT2D eigenvalue weighted by Gasteiger charge is -2.46. The molecule has 4 aliphatic rings. The lowest BCUT2D eigenvalue weighted by molar-refractivity contribution is -0.133. The number of nitrogens with zero attached hydrogens (tertiary/aromatic N) is 4. The summed E-state index contributed by atoms with van der Waals surface area (Å²) in [6, 6.07) is 8.15. The van der Waals surface area contributed by atoms with Crippen molar-refractivity contribution in [3.63, 3.8) is 0 Å². The van der Waals surface area contributed by atoms with E-state index in [-0.39, 0.29) is 30.3 Å². The van der Waals surface area contributed by atoms with Gasteiger partial charge in [0, 0.05) is 37.4 Å². The minimum atomic E-state index is -0.454. The first-order valence-electron chi connectivity index (χ1n) is 11.6. The van der Waals surface area contributed by atoms with Gasteiger partial charge in [0.15, 0.2) is 5.82 Å². The molecule has 8 heteroatoms. The maximum atomic E-state index is 13.4. The second-order valence-corrected chi connectivity index (χ2v) is 9.85. The zero-order valence-corrected chi connectivity index (χ0v) is 18.5. The summed E-state index contributed by atoms with van der Waals surface area (Å²) in [5.74, 6) is 1.96. The Bertz CT molecular complexity index is 1070. The summed E-state index contributed by atoms with van der Waals surface area (Å²) in [6.07, 6.45) is 4.59. The van der Waals surface area contributed by atoms with Crippen LogP contribution in [0.15, 0.2) is 36.7 Å². The number of pyridine rings is 1. The highest BCUT2D eigenvalue weighted by Gasteiger charge is 2.61. The van der Waals surface area contributed by atoms with E-state index in [1.807, 2.05) is 43.1 Å². The number of carbonyl (C=O) groups excluding carboxylic acids is 2. The Morgan fingerprint density at radius 3 is 2.84 bits per heavy atom. The van der Waals surface area contributed by atoms with Crippen molar-refractivity contribution in [2.45, 2.75) is 31.8 Å². The van der Waals surface area contributed by atoms with Crippen LogP contribution >= 0.6 is 0 Å². The van der Waals surface area contributed by atoms with Gasteiger partial charge in [0.2, 0.25) is 11.8 Å². The van der Waals surface area contributed by atoms with Gasteiger partial charge in [0.1, 0.15) is 5.54 Å². The third-order valence-electron chi connectivity index (χ3n) is 7.58. The molecule has 3 aliphatic heterocycles. The molecule has 0 aromatic carbocycles. The summed E-state index contributed by atoms with van der Waals surface area (Å²) in [5.41, 5.74) is 1.57. The Kier molecular flexibility index (Phi) is 4.37. The van der Waals surface area contributed by atoms with Gasteiger partial charge in [-0.05, 0) is 56.4 Å². The van der Waals surface area contributed by atoms with Crippen LogP contribution in [0.4, 0.5) is 5.69 Å². The van der Waals surface area contributed by atoms with E-state index < -0.39 is 5.54 Å². The van der Waals surface area contributed by atoms with Crippen LogP contribution < -0.4 is 10.2 Å². The zero-order valence-electron chi connectivity index (χ0n) is 18.5. The van der Waals surface area contributed by atoms with Crippen LogP contribution in [0.2, 0.25) is 0 Å². The molecule has 32 heavy (non-hydrogen) atoms. The maximum absolute atomic E-state index is 13.4. The quantitative estimate of drug-likeness (QED) is 0.788. The number of rotatable bonds is 4. The van der Waals surface area contributed by atoms with E-state index in [4.69, 9.17) is 4.74 Å². The first-order chi connectivity index (χ1) is 15.5. The monoisotopic (exact) mass is 435 g/mol. The van der Waals surface area contributed by atoms with E-state index in [0.717, 1.165) is 23.6 Å². The minimum absolute atomic E-state index is 0.0205. The molecule has 4 atom stereocenters. The predicted molar refractivity (Wildman–Crippen MR) is 118 cm³/mol. The number of likely N-dealkylation sites (tertiary alicyclic amines) is 1. The van der Waals surface area contributed by atoms with E-state index in [1.54, 1.807) is 6.20 Å². The average molecular weight is 436 g/mol. The van der Waals surface area contributed by atoms with Gasteiger partial charge < -0.3 is 24.4 Å². The van der Waals surface area contributed by atoms with Crippen molar-refractivity contribution in [3.8, 4) is 5.82 Å². The van der Waals surface area contributed by atoms with Crippen molar-refractivity contribution in [2.75, 3.05) is 37.7 Å². The van der Waals surface area contributed by atoms with Crippen LogP contribution in [-0.2, 0) is 19.9 Å². The first kappa shape index (κ1) is 19.8. The fraction of sp³-hybridized carbons (Fsp3) is 0.542. The second-order valence-electron chi connectivity index (χ2n) is 9.85. The van der Waals surface area contributed by atoms with Crippen LogP contribution in [0.3, 0.4) is 0 Å². The molecule has 6 rings (SSSR count). The van der Waals surface area contributed by atoms with Gasteiger partial charge in [-0.3, -0.25) is 9.59 Å². The van der Waals surface area contributed by atoms with Crippen LogP contribution in [0.5, 0.6) is 0 Å². The summed E-state index contributed by atoms with van der Waals surface area (Å²) in [4.78, 5) is 35.1. The number of amides is 2. The van der Waals surface area contributed by atoms with Crippen molar-refractivity contribution in [3.05, 3.63) is 42.4 Å². The molecular weight excluding hydrogens is 406 g/mol. The Labute approximate surface area is 187 Å². The number of aromatic nitrogens is 2. The van der Waals surface area contributed by atoms with Crippen molar-refractivity contribution in [1.82, 2.24) is 19.8 Å². The highest BCUT2D eigenvalue weighted by Crippen LogP contribution is 2.53. The first-order valence-corrected chi connectivity index (χ1v) is 11.6. The lowest BCUT2D eigenvalue weighted by Crippen LogP contribution is -2.56. The second kappa shape index (κ2) is 7.07. The highest BCUT2D eigenvalue weighted by molar-refractivity contribution is 5.85. The van der Waals surface area contributed by atoms with E-state index in [0.29, 0.717) is 38.1 Å². The summed E-state index contributed by atoms with van der Waals surface area (Å²) < 4.78 is 7.62. The molecular formula is C24H29N5O3. The minimum Gasteiger partial charge on any atom is -0.381 e. The molecule has 0 bridgehead atoms. The van der Waals surface area contributed by atoms with Crippen LogP contribution in [0.25, 0.3) is 5.82 Å². The van der Waals surface area contributed by atoms with Gasteiger partial charge in [-0.1, -0.05) is 0 Å². The zero-order chi connectivity index (χ0) is 22.0. The molecule has 2 aromatic heterocycles. The fourth-order valence-corrected chi connectivity index (χ4v) is 6.07. The number of hydrogen-bond acceptors (Lipinski definition) is 5. The van der Waals surface area contributed by atoms with Crippen LogP contribution in [0.1, 0.15) is 26.0 Å². The summed E-state index contributed by atoms with van der Waals surface area (Å²) in [7, 11) is 0. The molecule has 168 valence electrons. The van der Waals surface area contributed by atoms with Gasteiger partial charge in [-0.25, -0.2) is 4.98 Å². The third-order valence-corrected chi connectivity index (χ3v) is 7.58. The molecule has 1 spiro atoms. The lowest BCUT2D eigenvalue weighted by atomic mass is 9.88. The van der Waals surface area contributed by atoms with Gasteiger partial charge in [0.05, 0.1) is 31.1 Å². The third kappa shape index (κ3) is 2.81. The van der Waals surface area contributed by atoms with E-state index >= 15 is 0 Å². The van der Waals surface area contributed by atoms with Gasteiger partial charge in [0.25, 0.3) is 0 Å². The van der Waals surface area contributed by atoms with Crippen molar-refractivity contribution >= 4 is 17.5 Å². The highest BCUT2D eigenvalue weighted by atomic mass is 16.5. The normalized spacial score (nSPS) is 29.8. The molecule has 2 unspecified atom stereocenters. The Hall–Kier alpha value is -2.87. The molecule has 1 N–H and O–H groups in total. The Morgan fingerprint density at radius 2 is 2.06 bits per heavy atom. The number of hydrogen-bond donors (Lipinski definition) is 1. The van der Waals surface area contributed by atoms with Gasteiger partial charge in [-0.2, -0.15) is 0 Å². The van der Waals surface area contributed by atoms with Crippen molar-refractivity contribution < 1.29 is 14.3 Å². The molecule has 8 nitrogen and oxygen atoms in total. The summed E-state index contributed by atoms with van der Waals surface area (Å²) >= 11 is 0. The smallest absolute Gasteiger partial charge is 0.239 e. The van der Waals surface area contributed by atoms with Crippen LogP contribution in [0, 0.1) is 17.8 Å². The van der Waals surface area contributed by atoms with E-state index in [2.05, 4.69) is 25.8 Å². The average Bonchev–Trinajstić information content (AvgIpc) is 3.26. The molecule has 2 aromatic rings. The number of carbonyl (C=O) groups is 2. The predicted octanol–water partition coefficient (Wildman–Crippen LogP) is 1.54. The number of nitrogens with one attached hydrogen (secondary N) is 1. The SMILES string of the molecule is CC(C)NC(=O)CN1c2cccnc2-n2cccc2C12CCN(C(=O)C1[C@H]3COC[C@@H]13)C2. The summed E-state index contributed by atoms with van der Waals surface area (Å²) in [6.45, 7) is 6.86. The molecule has 2 amide bonds. The molecule has 2 saturated heterocycles. The van der Waals surface area contributed by atoms with E-state index in [9.17, 15) is 9.59 Å². The topological polar surface area (TPSA) is 79.7 Å². The maximum Gasteiger partial charge on any atom is 0.239 e. The largest absolute Gasteiger partial charge is 0.381 e. The molecule has 3 fully saturated rings. The Morgan fingerprint density at radius 1 is 1.25 bits per heavy atom. The Balaban J connectivity index is 1.36. The fourth-order valence-electron chi connectivity index (χ4n) is 6.07. The number of fused-ring (bicyclic) bond motifs is 5. The van der Waals surface area contributed by atoms with Gasteiger partial charge >= 0.3 is 0 Å². The van der Waals surface area contributed by atoms with Gasteiger partial charge in [-0.15, -0.1) is 0 Å². The molecule has 0 radical (unpaired) electrons. The molecule has 5 heterocycles. The molecule has 1 aliphatic carbocycles. The summed E-state index contributed by atoms with van der Waals surface area (Å²) in [5, 5.41) is 3.03.